The third-order valence-electron chi connectivity index (χ3n) is 8.11. The van der Waals surface area contributed by atoms with Gasteiger partial charge in [-0.1, -0.05) is 49.6 Å². The third-order valence-corrected chi connectivity index (χ3v) is 10.6. The number of ether oxygens (including phenoxy) is 1. The molecule has 3 atom stereocenters. The number of hydrogen-bond donors (Lipinski definition) is 2. The van der Waals surface area contributed by atoms with Crippen molar-refractivity contribution in [2.24, 2.45) is 5.92 Å². The normalized spacial score (nSPS) is 23.4. The lowest BCUT2D eigenvalue weighted by Crippen LogP contribution is -2.57. The molecule has 1 saturated carbocycles. The average molecular weight is 621 g/mol. The van der Waals surface area contributed by atoms with Gasteiger partial charge in [-0.2, -0.15) is 11.8 Å². The molecule has 2 aliphatic heterocycles. The predicted molar refractivity (Wildman–Crippen MR) is 168 cm³/mol. The summed E-state index contributed by atoms with van der Waals surface area (Å²) in [6.45, 7) is 7.95. The number of carbonyl (C=O) groups is 3. The molecule has 0 radical (unpaired) electrons. The fraction of sp³-hybridized carbons (Fsp3) is 0.710. The highest BCUT2D eigenvalue weighted by molar-refractivity contribution is 7.99. The fourth-order valence-electron chi connectivity index (χ4n) is 5.82. The fourth-order valence-corrected chi connectivity index (χ4v) is 8.48. The highest BCUT2D eigenvalue weighted by atomic mass is 32.2. The zero-order valence-corrected chi connectivity index (χ0v) is 27.0. The number of rotatable bonds is 10. The van der Waals surface area contributed by atoms with Crippen molar-refractivity contribution in [3.8, 4) is 0 Å². The minimum atomic E-state index is -1.36. The van der Waals surface area contributed by atoms with E-state index < -0.39 is 40.5 Å². The van der Waals surface area contributed by atoms with Gasteiger partial charge in [0.1, 0.15) is 23.6 Å². The first-order valence-electron chi connectivity index (χ1n) is 15.4. The van der Waals surface area contributed by atoms with Gasteiger partial charge in [-0.3, -0.25) is 23.6 Å². The zero-order chi connectivity index (χ0) is 30.1. The van der Waals surface area contributed by atoms with Gasteiger partial charge in [-0.25, -0.2) is 4.79 Å². The average Bonchev–Trinajstić information content (AvgIpc) is 3.36. The molecule has 3 amide bonds. The molecule has 3 fully saturated rings. The van der Waals surface area contributed by atoms with Gasteiger partial charge in [0.2, 0.25) is 11.8 Å². The Labute approximate surface area is 257 Å². The van der Waals surface area contributed by atoms with Crippen molar-refractivity contribution in [2.75, 3.05) is 36.2 Å². The minimum absolute atomic E-state index is 0.0362. The molecule has 0 bridgehead atoms. The second-order valence-corrected chi connectivity index (χ2v) is 15.4. The molecule has 2 N–H and O–H groups in total. The van der Waals surface area contributed by atoms with Crippen LogP contribution in [0, 0.1) is 5.92 Å². The first-order valence-corrected chi connectivity index (χ1v) is 18.0. The molecular weight excluding hydrogens is 572 g/mol. The number of piperidine rings is 1. The first-order chi connectivity index (χ1) is 20.1. The number of hydrogen-bond acceptors (Lipinski definition) is 7. The maximum absolute atomic E-state index is 13.6. The van der Waals surface area contributed by atoms with E-state index in [2.05, 4.69) is 39.8 Å². The smallest absolute Gasteiger partial charge is 0.411 e. The van der Waals surface area contributed by atoms with E-state index in [0.29, 0.717) is 11.7 Å². The number of nitrogens with zero attached hydrogens (tertiary/aromatic N) is 2. The van der Waals surface area contributed by atoms with Gasteiger partial charge in [0.15, 0.2) is 0 Å². The zero-order valence-electron chi connectivity index (χ0n) is 25.3. The molecule has 1 aromatic carbocycles. The van der Waals surface area contributed by atoms with Crippen LogP contribution in [0.15, 0.2) is 30.3 Å². The lowest BCUT2D eigenvalue weighted by atomic mass is 9.91. The van der Waals surface area contributed by atoms with E-state index in [4.69, 9.17) is 4.74 Å². The van der Waals surface area contributed by atoms with Gasteiger partial charge in [0.05, 0.1) is 5.75 Å². The second kappa shape index (κ2) is 15.6. The molecule has 0 aromatic heterocycles. The summed E-state index contributed by atoms with van der Waals surface area (Å²) in [5, 5.41) is 6.13. The minimum Gasteiger partial charge on any atom is -0.444 e. The number of thioether (sulfide) groups is 1. The van der Waals surface area contributed by atoms with Gasteiger partial charge >= 0.3 is 6.09 Å². The SMILES string of the molecule is CC(C)(C)OC(=O)N1CS(=O)CC1C(=O)NC(CSCC1CCCCC1)C(=O)NC1CCN(Cc2ccccc2)CC1. The maximum Gasteiger partial charge on any atom is 0.411 e. The Kier molecular flexibility index (Phi) is 12.2. The van der Waals surface area contributed by atoms with Crippen LogP contribution in [0.1, 0.15) is 71.3 Å². The van der Waals surface area contributed by atoms with Crippen molar-refractivity contribution in [1.29, 1.82) is 0 Å². The molecule has 42 heavy (non-hydrogen) atoms. The van der Waals surface area contributed by atoms with E-state index >= 15 is 0 Å². The molecule has 3 aliphatic rings. The van der Waals surface area contributed by atoms with Gasteiger partial charge in [-0.15, -0.1) is 0 Å². The molecule has 2 heterocycles. The monoisotopic (exact) mass is 620 g/mol. The summed E-state index contributed by atoms with van der Waals surface area (Å²) in [7, 11) is -1.36. The van der Waals surface area contributed by atoms with Crippen LogP contribution in [0.2, 0.25) is 0 Å². The Balaban J connectivity index is 1.35. The summed E-state index contributed by atoms with van der Waals surface area (Å²) < 4.78 is 17.9. The Bertz CT molecular complexity index is 1070. The van der Waals surface area contributed by atoms with Crippen LogP contribution in [0.5, 0.6) is 0 Å². The maximum atomic E-state index is 13.6. The van der Waals surface area contributed by atoms with Crippen LogP contribution in [0.25, 0.3) is 0 Å². The van der Waals surface area contributed by atoms with E-state index in [1.54, 1.807) is 32.5 Å². The van der Waals surface area contributed by atoms with Crippen molar-refractivity contribution in [3.63, 3.8) is 0 Å². The molecule has 3 unspecified atom stereocenters. The molecular formula is C31H48N4O5S2. The molecule has 234 valence electrons. The summed E-state index contributed by atoms with van der Waals surface area (Å²) in [4.78, 5) is 43.5. The summed E-state index contributed by atoms with van der Waals surface area (Å²) in [5.74, 6) is 1.41. The number of nitrogens with one attached hydrogen (secondary N) is 2. The standard InChI is InChI=1S/C31H48N4O5S2/c1-31(2,3)40-30(38)35-22-42(39)21-27(35)29(37)33-26(20-41-19-24-12-8-5-9-13-24)28(36)32-25-14-16-34(17-15-25)18-23-10-6-4-7-11-23/h4,6-7,10-11,24-27H,5,8-9,12-22H2,1-3H3,(H,32,36)(H,33,37). The predicted octanol–water partition coefficient (Wildman–Crippen LogP) is 3.89. The number of likely N-dealkylation sites (tertiary alicyclic amines) is 1. The highest BCUT2D eigenvalue weighted by Gasteiger charge is 2.41. The van der Waals surface area contributed by atoms with Crippen LogP contribution in [0.4, 0.5) is 4.79 Å². The van der Waals surface area contributed by atoms with Crippen molar-refractivity contribution in [3.05, 3.63) is 35.9 Å². The molecule has 9 nitrogen and oxygen atoms in total. The third kappa shape index (κ3) is 10.3. The number of amides is 3. The van der Waals surface area contributed by atoms with Gasteiger partial charge in [0, 0.05) is 42.2 Å². The number of benzene rings is 1. The van der Waals surface area contributed by atoms with Crippen LogP contribution in [-0.4, -0.2) is 91.9 Å². The van der Waals surface area contributed by atoms with Gasteiger partial charge in [0.25, 0.3) is 0 Å². The van der Waals surface area contributed by atoms with Crippen molar-refractivity contribution in [1.82, 2.24) is 20.4 Å². The van der Waals surface area contributed by atoms with Crippen molar-refractivity contribution >= 4 is 40.5 Å². The van der Waals surface area contributed by atoms with Crippen LogP contribution in [0.3, 0.4) is 0 Å². The summed E-state index contributed by atoms with van der Waals surface area (Å²) in [5.41, 5.74) is 0.544. The van der Waals surface area contributed by atoms with E-state index in [0.717, 1.165) is 38.2 Å². The lowest BCUT2D eigenvalue weighted by Gasteiger charge is -2.33. The van der Waals surface area contributed by atoms with E-state index in [9.17, 15) is 18.6 Å². The topological polar surface area (TPSA) is 108 Å². The van der Waals surface area contributed by atoms with Crippen molar-refractivity contribution in [2.45, 2.75) is 96.0 Å². The Morgan fingerprint density at radius 2 is 1.74 bits per heavy atom. The Hall–Kier alpha value is -2.11. The number of carbonyl (C=O) groups excluding carboxylic acids is 3. The Morgan fingerprint density at radius 1 is 1.05 bits per heavy atom. The molecule has 0 spiro atoms. The lowest BCUT2D eigenvalue weighted by molar-refractivity contribution is -0.131. The van der Waals surface area contributed by atoms with E-state index in [1.807, 2.05) is 6.07 Å². The quantitative estimate of drug-likeness (QED) is 0.409. The van der Waals surface area contributed by atoms with Crippen LogP contribution < -0.4 is 10.6 Å². The summed E-state index contributed by atoms with van der Waals surface area (Å²) in [6, 6.07) is 8.78. The van der Waals surface area contributed by atoms with E-state index in [-0.39, 0.29) is 23.6 Å². The van der Waals surface area contributed by atoms with E-state index in [1.165, 1.54) is 42.6 Å². The summed E-state index contributed by atoms with van der Waals surface area (Å²) in [6.07, 6.45) is 7.28. The molecule has 2 saturated heterocycles. The molecule has 1 aliphatic carbocycles. The molecule has 1 aromatic rings. The molecule has 11 heteroatoms. The summed E-state index contributed by atoms with van der Waals surface area (Å²) >= 11 is 1.71. The molecule has 4 rings (SSSR count). The van der Waals surface area contributed by atoms with Crippen molar-refractivity contribution < 1.29 is 23.3 Å². The highest BCUT2D eigenvalue weighted by Crippen LogP contribution is 2.27. The second-order valence-electron chi connectivity index (χ2n) is 12.8. The van der Waals surface area contributed by atoms with Crippen LogP contribution >= 0.6 is 11.8 Å². The van der Waals surface area contributed by atoms with Gasteiger partial charge in [-0.05, 0) is 63.7 Å². The van der Waals surface area contributed by atoms with Crippen LogP contribution in [-0.2, 0) is 31.7 Å². The van der Waals surface area contributed by atoms with Gasteiger partial charge < -0.3 is 15.4 Å². The largest absolute Gasteiger partial charge is 0.444 e. The Morgan fingerprint density at radius 3 is 2.40 bits per heavy atom. The first kappa shape index (κ1) is 32.8.